The van der Waals surface area contributed by atoms with Gasteiger partial charge in [0.25, 0.3) is 0 Å². The quantitative estimate of drug-likeness (QED) is 0.802. The highest BCUT2D eigenvalue weighted by atomic mass is 15.3. The van der Waals surface area contributed by atoms with E-state index in [0.717, 1.165) is 18.9 Å². The topological polar surface area (TPSA) is 46.0 Å². The maximum absolute atomic E-state index is 4.21. The fraction of sp³-hybridized carbons (Fsp3) is 0.818. The minimum absolute atomic E-state index is 0.596. The highest BCUT2D eigenvalue weighted by Gasteiger charge is 2.23. The summed E-state index contributed by atoms with van der Waals surface area (Å²) in [4.78, 5) is 6.71. The minimum Gasteiger partial charge on any atom is -0.306 e. The van der Waals surface area contributed by atoms with Crippen molar-refractivity contribution in [3.8, 4) is 0 Å². The van der Waals surface area contributed by atoms with E-state index in [-0.39, 0.29) is 0 Å². The largest absolute Gasteiger partial charge is 0.306 e. The summed E-state index contributed by atoms with van der Waals surface area (Å²) in [5.74, 6) is 1.00. The first-order valence-corrected chi connectivity index (χ1v) is 5.97. The van der Waals surface area contributed by atoms with Crippen LogP contribution in [0.25, 0.3) is 0 Å². The third kappa shape index (κ3) is 2.59. The second kappa shape index (κ2) is 4.93. The number of hydrogen-bond donors (Lipinski definition) is 1. The molecular formula is C11H21N5. The number of nitrogens with zero attached hydrogens (tertiary/aromatic N) is 4. The van der Waals surface area contributed by atoms with Crippen LogP contribution in [0.3, 0.4) is 0 Å². The third-order valence-electron chi connectivity index (χ3n) is 3.30. The van der Waals surface area contributed by atoms with Gasteiger partial charge < -0.3 is 5.32 Å². The van der Waals surface area contributed by atoms with E-state index in [1.807, 2.05) is 11.7 Å². The summed E-state index contributed by atoms with van der Waals surface area (Å²) in [6.45, 7) is 7.67. The monoisotopic (exact) mass is 223 g/mol. The Morgan fingerprint density at radius 3 is 2.94 bits per heavy atom. The van der Waals surface area contributed by atoms with E-state index in [1.165, 1.54) is 13.0 Å². The van der Waals surface area contributed by atoms with Gasteiger partial charge in [-0.05, 0) is 26.8 Å². The van der Waals surface area contributed by atoms with Crippen molar-refractivity contribution >= 4 is 0 Å². The lowest BCUT2D eigenvalue weighted by atomic mass is 10.2. The van der Waals surface area contributed by atoms with Gasteiger partial charge in [-0.25, -0.2) is 4.98 Å². The number of aromatic nitrogens is 3. The average Bonchev–Trinajstić information content (AvgIpc) is 2.83. The van der Waals surface area contributed by atoms with Gasteiger partial charge in [0, 0.05) is 25.7 Å². The van der Waals surface area contributed by atoms with Gasteiger partial charge in [0.1, 0.15) is 12.2 Å². The number of likely N-dealkylation sites (tertiary alicyclic amines) is 1. The summed E-state index contributed by atoms with van der Waals surface area (Å²) in [6.07, 6.45) is 2.84. The molecule has 2 rings (SSSR count). The van der Waals surface area contributed by atoms with Crippen LogP contribution in [0.4, 0.5) is 0 Å². The Kier molecular flexibility index (Phi) is 3.56. The second-order valence-corrected chi connectivity index (χ2v) is 4.76. The summed E-state index contributed by atoms with van der Waals surface area (Å²) in [5, 5.41) is 7.60. The molecule has 16 heavy (non-hydrogen) atoms. The lowest BCUT2D eigenvalue weighted by Gasteiger charge is -2.20. The van der Waals surface area contributed by atoms with Crippen molar-refractivity contribution in [2.75, 3.05) is 13.1 Å². The molecule has 0 aromatic carbocycles. The van der Waals surface area contributed by atoms with E-state index in [9.17, 15) is 0 Å². The van der Waals surface area contributed by atoms with Crippen LogP contribution >= 0.6 is 0 Å². The van der Waals surface area contributed by atoms with Gasteiger partial charge >= 0.3 is 0 Å². The molecule has 1 aromatic rings. The zero-order chi connectivity index (χ0) is 11.5. The summed E-state index contributed by atoms with van der Waals surface area (Å²) in [7, 11) is 1.93. The highest BCUT2D eigenvalue weighted by Crippen LogP contribution is 2.12. The standard InChI is InChI=1S/C11H21N5/c1-9(2)16-5-4-10(7-16)12-6-11-13-8-14-15(11)3/h8-10,12H,4-7H2,1-3H3. The minimum atomic E-state index is 0.596. The fourth-order valence-corrected chi connectivity index (χ4v) is 2.14. The van der Waals surface area contributed by atoms with Crippen LogP contribution in [0.15, 0.2) is 6.33 Å². The molecule has 0 aliphatic carbocycles. The van der Waals surface area contributed by atoms with E-state index in [4.69, 9.17) is 0 Å². The van der Waals surface area contributed by atoms with Crippen LogP contribution in [-0.2, 0) is 13.6 Å². The van der Waals surface area contributed by atoms with Crippen molar-refractivity contribution in [3.63, 3.8) is 0 Å². The normalized spacial score (nSPS) is 22.1. The Bertz CT molecular complexity index is 333. The van der Waals surface area contributed by atoms with Gasteiger partial charge in [0.15, 0.2) is 0 Å². The van der Waals surface area contributed by atoms with Crippen LogP contribution in [0.5, 0.6) is 0 Å². The smallest absolute Gasteiger partial charge is 0.140 e. The van der Waals surface area contributed by atoms with Gasteiger partial charge in [-0.3, -0.25) is 9.58 Å². The van der Waals surface area contributed by atoms with Crippen molar-refractivity contribution < 1.29 is 0 Å². The van der Waals surface area contributed by atoms with Gasteiger partial charge in [-0.1, -0.05) is 0 Å². The number of hydrogen-bond acceptors (Lipinski definition) is 4. The molecule has 5 nitrogen and oxygen atoms in total. The number of rotatable bonds is 4. The summed E-state index contributed by atoms with van der Waals surface area (Å²) < 4.78 is 1.82. The molecule has 1 atom stereocenters. The van der Waals surface area contributed by atoms with Crippen LogP contribution in [-0.4, -0.2) is 44.8 Å². The Hall–Kier alpha value is -0.940. The van der Waals surface area contributed by atoms with Gasteiger partial charge in [0.05, 0.1) is 6.54 Å². The molecule has 0 amide bonds. The maximum atomic E-state index is 4.21. The zero-order valence-corrected chi connectivity index (χ0v) is 10.3. The highest BCUT2D eigenvalue weighted by molar-refractivity contribution is 4.87. The zero-order valence-electron chi connectivity index (χ0n) is 10.3. The first-order chi connectivity index (χ1) is 7.66. The van der Waals surface area contributed by atoms with Crippen LogP contribution in [0.1, 0.15) is 26.1 Å². The predicted molar refractivity (Wildman–Crippen MR) is 63.0 cm³/mol. The molecule has 5 heteroatoms. The van der Waals surface area contributed by atoms with Crippen LogP contribution < -0.4 is 5.32 Å². The van der Waals surface area contributed by atoms with Gasteiger partial charge in [0.2, 0.25) is 0 Å². The Morgan fingerprint density at radius 2 is 2.38 bits per heavy atom. The molecular weight excluding hydrogens is 202 g/mol. The molecule has 90 valence electrons. The molecule has 2 heterocycles. The first kappa shape index (κ1) is 11.5. The van der Waals surface area contributed by atoms with Crippen molar-refractivity contribution in [2.24, 2.45) is 7.05 Å². The van der Waals surface area contributed by atoms with Crippen molar-refractivity contribution in [3.05, 3.63) is 12.2 Å². The van der Waals surface area contributed by atoms with Crippen molar-refractivity contribution in [1.82, 2.24) is 25.0 Å². The van der Waals surface area contributed by atoms with E-state index in [1.54, 1.807) is 6.33 Å². The van der Waals surface area contributed by atoms with E-state index < -0.39 is 0 Å². The lowest BCUT2D eigenvalue weighted by molar-refractivity contribution is 0.268. The average molecular weight is 223 g/mol. The molecule has 1 unspecified atom stereocenters. The molecule has 1 aliphatic rings. The van der Waals surface area contributed by atoms with E-state index in [2.05, 4.69) is 34.1 Å². The predicted octanol–water partition coefficient (Wildman–Crippen LogP) is 0.387. The lowest BCUT2D eigenvalue weighted by Crippen LogP contribution is -2.35. The molecule has 1 saturated heterocycles. The van der Waals surface area contributed by atoms with Crippen LogP contribution in [0.2, 0.25) is 0 Å². The Labute approximate surface area is 96.8 Å². The summed E-state index contributed by atoms with van der Waals surface area (Å²) >= 11 is 0. The number of nitrogens with one attached hydrogen (secondary N) is 1. The van der Waals surface area contributed by atoms with Gasteiger partial charge in [-0.15, -0.1) is 0 Å². The number of aryl methyl sites for hydroxylation is 1. The van der Waals surface area contributed by atoms with E-state index >= 15 is 0 Å². The molecule has 0 spiro atoms. The fourth-order valence-electron chi connectivity index (χ4n) is 2.14. The molecule has 1 N–H and O–H groups in total. The first-order valence-electron chi connectivity index (χ1n) is 5.97. The molecule has 1 fully saturated rings. The Morgan fingerprint density at radius 1 is 1.56 bits per heavy atom. The van der Waals surface area contributed by atoms with Crippen molar-refractivity contribution in [2.45, 2.75) is 38.9 Å². The molecule has 0 saturated carbocycles. The summed E-state index contributed by atoms with van der Waals surface area (Å²) in [6, 6.07) is 1.25. The Balaban J connectivity index is 1.78. The summed E-state index contributed by atoms with van der Waals surface area (Å²) in [5.41, 5.74) is 0. The van der Waals surface area contributed by atoms with Crippen molar-refractivity contribution in [1.29, 1.82) is 0 Å². The molecule has 1 aromatic heterocycles. The van der Waals surface area contributed by atoms with E-state index in [0.29, 0.717) is 12.1 Å². The SMILES string of the molecule is CC(C)N1CCC(NCc2ncnn2C)C1. The second-order valence-electron chi connectivity index (χ2n) is 4.76. The maximum Gasteiger partial charge on any atom is 0.140 e. The molecule has 1 aliphatic heterocycles. The van der Waals surface area contributed by atoms with Crippen LogP contribution in [0, 0.1) is 0 Å². The molecule has 0 radical (unpaired) electrons. The molecule has 0 bridgehead atoms. The van der Waals surface area contributed by atoms with Gasteiger partial charge in [-0.2, -0.15) is 5.10 Å². The third-order valence-corrected chi connectivity index (χ3v) is 3.30.